The maximum absolute atomic E-state index is 13.1. The molecular weight excluding hydrogens is 361 g/mol. The largest absolute Gasteiger partial charge is 0.452 e. The van der Waals surface area contributed by atoms with Crippen LogP contribution in [-0.4, -0.2) is 16.7 Å². The molecule has 4 rings (SSSR count). The first-order valence-corrected chi connectivity index (χ1v) is 8.48. The molecule has 3 aromatic rings. The predicted molar refractivity (Wildman–Crippen MR) is 99.7 cm³/mol. The van der Waals surface area contributed by atoms with Crippen molar-refractivity contribution >= 4 is 17.8 Å². The van der Waals surface area contributed by atoms with E-state index in [1.807, 2.05) is 0 Å². The summed E-state index contributed by atoms with van der Waals surface area (Å²) in [6.07, 6.45) is 4.52. The highest BCUT2D eigenvalue weighted by atomic mass is 19.1. The second-order valence-electron chi connectivity index (χ2n) is 6.19. The summed E-state index contributed by atoms with van der Waals surface area (Å²) in [6.45, 7) is 1.71. The van der Waals surface area contributed by atoms with Crippen LogP contribution < -0.4 is 9.47 Å². The van der Waals surface area contributed by atoms with E-state index in [0.717, 1.165) is 0 Å². The maximum Gasteiger partial charge on any atom is 0.345 e. The van der Waals surface area contributed by atoms with Crippen LogP contribution in [0.3, 0.4) is 0 Å². The van der Waals surface area contributed by atoms with Crippen molar-refractivity contribution in [3.05, 3.63) is 94.8 Å². The number of allylic oxidation sites excluding steroid dienone is 1. The van der Waals surface area contributed by atoms with Crippen molar-refractivity contribution in [3.63, 3.8) is 0 Å². The molecule has 6 heteroatoms. The minimum absolute atomic E-state index is 0.125. The Morgan fingerprint density at radius 1 is 1.14 bits per heavy atom. The zero-order valence-electron chi connectivity index (χ0n) is 14.8. The molecule has 0 amide bonds. The second kappa shape index (κ2) is 7.08. The van der Waals surface area contributed by atoms with Crippen LogP contribution in [0.2, 0.25) is 0 Å². The number of Topliss-reactive ketones (excluding diaryl/α,β-unsaturated/α-hetero) is 1. The zero-order chi connectivity index (χ0) is 19.7. The lowest BCUT2D eigenvalue weighted by Gasteiger charge is -2.10. The first-order valence-electron chi connectivity index (χ1n) is 8.48. The average molecular weight is 375 g/mol. The van der Waals surface area contributed by atoms with Gasteiger partial charge in [0.25, 0.3) is 0 Å². The average Bonchev–Trinajstić information content (AvgIpc) is 3.03. The molecule has 0 unspecified atom stereocenters. The molecule has 1 aliphatic heterocycles. The van der Waals surface area contributed by atoms with E-state index in [9.17, 15) is 14.0 Å². The molecule has 138 valence electrons. The number of aromatic nitrogens is 1. The van der Waals surface area contributed by atoms with Crippen LogP contribution >= 0.6 is 0 Å². The summed E-state index contributed by atoms with van der Waals surface area (Å²) in [4.78, 5) is 28.7. The fraction of sp³-hybridized carbons (Fsp3) is 0.0455. The fourth-order valence-electron chi connectivity index (χ4n) is 2.83. The maximum atomic E-state index is 13.1. The number of pyridine rings is 1. The van der Waals surface area contributed by atoms with Gasteiger partial charge in [-0.1, -0.05) is 12.1 Å². The quantitative estimate of drug-likeness (QED) is 0.386. The van der Waals surface area contributed by atoms with Crippen LogP contribution in [0.15, 0.2) is 66.7 Å². The molecule has 2 aromatic carbocycles. The van der Waals surface area contributed by atoms with Gasteiger partial charge in [0.15, 0.2) is 5.76 Å². The van der Waals surface area contributed by atoms with Crippen molar-refractivity contribution in [2.75, 3.05) is 0 Å². The number of carbonyl (C=O) groups is 2. The number of nitrogens with zero attached hydrogens (tertiary/aromatic N) is 1. The Bertz CT molecular complexity index is 1110. The van der Waals surface area contributed by atoms with Gasteiger partial charge in [0, 0.05) is 18.0 Å². The van der Waals surface area contributed by atoms with Gasteiger partial charge < -0.3 is 9.47 Å². The zero-order valence-corrected chi connectivity index (χ0v) is 14.8. The number of hydrogen-bond donors (Lipinski definition) is 0. The van der Waals surface area contributed by atoms with Crippen molar-refractivity contribution in [1.29, 1.82) is 0 Å². The number of carbonyl (C=O) groups excluding carboxylic acids is 2. The molecule has 2 heterocycles. The second-order valence-corrected chi connectivity index (χ2v) is 6.19. The highest BCUT2D eigenvalue weighted by Crippen LogP contribution is 2.39. The molecule has 1 aromatic heterocycles. The van der Waals surface area contributed by atoms with Gasteiger partial charge in [-0.05, 0) is 55.0 Å². The Morgan fingerprint density at radius 2 is 1.93 bits per heavy atom. The molecule has 0 radical (unpaired) electrons. The summed E-state index contributed by atoms with van der Waals surface area (Å²) in [5.74, 6) is -0.436. The van der Waals surface area contributed by atoms with Crippen LogP contribution in [-0.2, 0) is 0 Å². The van der Waals surface area contributed by atoms with Crippen molar-refractivity contribution in [3.8, 4) is 11.5 Å². The van der Waals surface area contributed by atoms with E-state index in [1.165, 1.54) is 18.3 Å². The Kier molecular flexibility index (Phi) is 4.45. The van der Waals surface area contributed by atoms with Crippen LogP contribution in [0.25, 0.3) is 6.08 Å². The van der Waals surface area contributed by atoms with E-state index in [-0.39, 0.29) is 17.4 Å². The molecule has 1 aliphatic rings. The third-order valence-electron chi connectivity index (χ3n) is 4.30. The summed E-state index contributed by atoms with van der Waals surface area (Å²) in [7, 11) is 0. The van der Waals surface area contributed by atoms with E-state index < -0.39 is 5.97 Å². The van der Waals surface area contributed by atoms with Crippen molar-refractivity contribution in [2.45, 2.75) is 6.92 Å². The van der Waals surface area contributed by atoms with E-state index in [1.54, 1.807) is 55.6 Å². The van der Waals surface area contributed by atoms with Gasteiger partial charge in [0.05, 0.1) is 11.1 Å². The minimum atomic E-state index is -0.553. The molecule has 28 heavy (non-hydrogen) atoms. The Morgan fingerprint density at radius 3 is 2.64 bits per heavy atom. The van der Waals surface area contributed by atoms with Gasteiger partial charge in [0.1, 0.15) is 17.3 Å². The third kappa shape index (κ3) is 3.27. The van der Waals surface area contributed by atoms with Gasteiger partial charge in [-0.25, -0.2) is 9.18 Å². The van der Waals surface area contributed by atoms with Crippen molar-refractivity contribution in [2.24, 2.45) is 0 Å². The number of benzene rings is 2. The normalized spacial score (nSPS) is 13.9. The highest BCUT2D eigenvalue weighted by Gasteiger charge is 2.30. The lowest BCUT2D eigenvalue weighted by Crippen LogP contribution is -2.09. The molecule has 0 aliphatic carbocycles. The molecule has 0 saturated heterocycles. The van der Waals surface area contributed by atoms with E-state index in [2.05, 4.69) is 4.98 Å². The monoisotopic (exact) mass is 375 g/mol. The van der Waals surface area contributed by atoms with Gasteiger partial charge in [0.2, 0.25) is 5.78 Å². The van der Waals surface area contributed by atoms with Crippen LogP contribution in [0.5, 0.6) is 11.5 Å². The number of ketones is 1. The highest BCUT2D eigenvalue weighted by molar-refractivity contribution is 6.15. The van der Waals surface area contributed by atoms with Crippen molar-refractivity contribution in [1.82, 2.24) is 4.98 Å². The Balaban J connectivity index is 1.61. The summed E-state index contributed by atoms with van der Waals surface area (Å²) in [5.41, 5.74) is 1.87. The summed E-state index contributed by atoms with van der Waals surface area (Å²) in [6, 6.07) is 12.1. The first-order chi connectivity index (χ1) is 13.5. The molecule has 0 spiro atoms. The summed E-state index contributed by atoms with van der Waals surface area (Å²) < 4.78 is 24.2. The Labute approximate surface area is 160 Å². The molecule has 0 N–H and O–H groups in total. The molecule has 0 fully saturated rings. The van der Waals surface area contributed by atoms with Gasteiger partial charge in [-0.15, -0.1) is 0 Å². The fourth-order valence-corrected chi connectivity index (χ4v) is 2.83. The summed E-state index contributed by atoms with van der Waals surface area (Å²) >= 11 is 0. The minimum Gasteiger partial charge on any atom is -0.452 e. The van der Waals surface area contributed by atoms with E-state index in [4.69, 9.17) is 9.47 Å². The predicted octanol–water partition coefficient (Wildman–Crippen LogP) is 4.36. The topological polar surface area (TPSA) is 65.5 Å². The van der Waals surface area contributed by atoms with Gasteiger partial charge in [-0.3, -0.25) is 9.78 Å². The van der Waals surface area contributed by atoms with E-state index >= 15 is 0 Å². The van der Waals surface area contributed by atoms with Crippen LogP contribution in [0.4, 0.5) is 4.39 Å². The molecular formula is C22H14FNO4. The van der Waals surface area contributed by atoms with Crippen LogP contribution in [0.1, 0.15) is 31.8 Å². The first kappa shape index (κ1) is 17.6. The number of esters is 1. The lowest BCUT2D eigenvalue weighted by molar-refractivity contribution is 0.0732. The van der Waals surface area contributed by atoms with Crippen molar-refractivity contribution < 1.29 is 23.5 Å². The standard InChI is InChI=1S/C22H14FNO4/c1-13-18(28-22(26)15-3-2-10-24-12-15)9-8-17-20(25)19(27-21(13)17)11-14-4-6-16(23)7-5-14/h2-12H,1H3/b19-11-. The molecule has 0 saturated carbocycles. The Hall–Kier alpha value is -3.80. The molecule has 0 atom stereocenters. The number of rotatable bonds is 3. The SMILES string of the molecule is Cc1c(OC(=O)c2cccnc2)ccc2c1O/C(=C\c1ccc(F)cc1)C2=O. The number of hydrogen-bond acceptors (Lipinski definition) is 5. The lowest BCUT2D eigenvalue weighted by atomic mass is 10.1. The van der Waals surface area contributed by atoms with Gasteiger partial charge >= 0.3 is 5.97 Å². The van der Waals surface area contributed by atoms with Crippen LogP contribution in [0, 0.1) is 12.7 Å². The third-order valence-corrected chi connectivity index (χ3v) is 4.30. The summed E-state index contributed by atoms with van der Waals surface area (Å²) in [5, 5.41) is 0. The molecule has 5 nitrogen and oxygen atoms in total. The molecule has 0 bridgehead atoms. The van der Waals surface area contributed by atoms with Gasteiger partial charge in [-0.2, -0.15) is 0 Å². The number of fused-ring (bicyclic) bond motifs is 1. The number of ether oxygens (including phenoxy) is 2. The smallest absolute Gasteiger partial charge is 0.345 e. The number of halogens is 1. The van der Waals surface area contributed by atoms with E-state index in [0.29, 0.717) is 33.8 Å².